The van der Waals surface area contributed by atoms with Crippen LogP contribution in [0.15, 0.2) is 51.4 Å². The summed E-state index contributed by atoms with van der Waals surface area (Å²) in [6.07, 6.45) is 0. The van der Waals surface area contributed by atoms with Gasteiger partial charge in [0.05, 0.1) is 4.47 Å². The van der Waals surface area contributed by atoms with Crippen LogP contribution in [-0.4, -0.2) is 12.5 Å². The predicted molar refractivity (Wildman–Crippen MR) is 90.3 cm³/mol. The minimum atomic E-state index is -0.216. The first kappa shape index (κ1) is 16.0. The number of hydrogen-bond donors (Lipinski definition) is 2. The highest BCUT2D eigenvalue weighted by molar-refractivity contribution is 9.10. The van der Waals surface area contributed by atoms with Crippen LogP contribution in [0.5, 0.6) is 5.75 Å². The second-order valence-corrected chi connectivity index (χ2v) is 6.08. The number of carbonyl (C=O) groups excluding carboxylic acids is 1. The third kappa shape index (κ3) is 4.84. The van der Waals surface area contributed by atoms with Gasteiger partial charge >= 0.3 is 0 Å². The van der Waals surface area contributed by atoms with Gasteiger partial charge < -0.3 is 15.8 Å². The van der Waals surface area contributed by atoms with E-state index in [4.69, 9.17) is 10.5 Å². The largest absolute Gasteiger partial charge is 0.483 e. The summed E-state index contributed by atoms with van der Waals surface area (Å²) < 4.78 is 7.22. The quantitative estimate of drug-likeness (QED) is 0.785. The molecule has 21 heavy (non-hydrogen) atoms. The number of rotatable bonds is 5. The summed E-state index contributed by atoms with van der Waals surface area (Å²) in [5, 5.41) is 2.76. The van der Waals surface area contributed by atoms with Crippen LogP contribution >= 0.6 is 31.9 Å². The van der Waals surface area contributed by atoms with Gasteiger partial charge in [0.15, 0.2) is 6.61 Å². The van der Waals surface area contributed by atoms with Gasteiger partial charge in [-0.25, -0.2) is 0 Å². The highest BCUT2D eigenvalue weighted by Crippen LogP contribution is 2.25. The Kier molecular flexibility index (Phi) is 5.78. The van der Waals surface area contributed by atoms with Crippen molar-refractivity contribution >= 4 is 43.5 Å². The standard InChI is InChI=1S/C15H14Br2N2O2/c16-11-2-4-12(5-3-11)19-15(20)9-21-14-6-1-10(8-18)7-13(14)17/h1-7H,8-9,18H2,(H,19,20). The van der Waals surface area contributed by atoms with E-state index in [2.05, 4.69) is 37.2 Å². The zero-order valence-electron chi connectivity index (χ0n) is 11.1. The molecule has 4 nitrogen and oxygen atoms in total. The smallest absolute Gasteiger partial charge is 0.262 e. The maximum absolute atomic E-state index is 11.8. The van der Waals surface area contributed by atoms with Gasteiger partial charge in [-0.15, -0.1) is 0 Å². The van der Waals surface area contributed by atoms with E-state index >= 15 is 0 Å². The minimum absolute atomic E-state index is 0.0589. The van der Waals surface area contributed by atoms with E-state index in [0.717, 1.165) is 20.2 Å². The fourth-order valence-electron chi connectivity index (χ4n) is 1.66. The SMILES string of the molecule is NCc1ccc(OCC(=O)Nc2ccc(Br)cc2)c(Br)c1. The molecule has 0 fully saturated rings. The van der Waals surface area contributed by atoms with E-state index in [0.29, 0.717) is 12.3 Å². The van der Waals surface area contributed by atoms with Crippen LogP contribution in [0.25, 0.3) is 0 Å². The number of nitrogens with two attached hydrogens (primary N) is 1. The highest BCUT2D eigenvalue weighted by Gasteiger charge is 2.07. The molecule has 2 aromatic rings. The van der Waals surface area contributed by atoms with Gasteiger partial charge in [0.25, 0.3) is 5.91 Å². The first-order chi connectivity index (χ1) is 10.1. The molecule has 0 heterocycles. The molecule has 0 aliphatic heterocycles. The van der Waals surface area contributed by atoms with Crippen molar-refractivity contribution in [2.45, 2.75) is 6.54 Å². The van der Waals surface area contributed by atoms with Crippen LogP contribution in [-0.2, 0) is 11.3 Å². The van der Waals surface area contributed by atoms with Gasteiger partial charge in [0.1, 0.15) is 5.75 Å². The third-order valence-corrected chi connectivity index (χ3v) is 3.87. The van der Waals surface area contributed by atoms with Crippen LogP contribution in [0.1, 0.15) is 5.56 Å². The molecule has 0 bridgehead atoms. The topological polar surface area (TPSA) is 64.3 Å². The first-order valence-corrected chi connectivity index (χ1v) is 7.84. The van der Waals surface area contributed by atoms with Crippen LogP contribution in [0, 0.1) is 0 Å². The highest BCUT2D eigenvalue weighted by atomic mass is 79.9. The van der Waals surface area contributed by atoms with Crippen molar-refractivity contribution in [3.63, 3.8) is 0 Å². The lowest BCUT2D eigenvalue weighted by molar-refractivity contribution is -0.118. The first-order valence-electron chi connectivity index (χ1n) is 6.25. The Morgan fingerprint density at radius 1 is 1.14 bits per heavy atom. The Bertz CT molecular complexity index is 630. The van der Waals surface area contributed by atoms with E-state index < -0.39 is 0 Å². The Balaban J connectivity index is 1.90. The molecule has 0 saturated heterocycles. The summed E-state index contributed by atoms with van der Waals surface area (Å²) in [5.74, 6) is 0.394. The van der Waals surface area contributed by atoms with Crippen LogP contribution in [0.2, 0.25) is 0 Å². The summed E-state index contributed by atoms with van der Waals surface area (Å²) >= 11 is 6.74. The number of amides is 1. The van der Waals surface area contributed by atoms with Crippen molar-refractivity contribution in [3.8, 4) is 5.75 Å². The Morgan fingerprint density at radius 2 is 1.86 bits per heavy atom. The summed E-state index contributed by atoms with van der Waals surface area (Å²) in [7, 11) is 0. The van der Waals surface area contributed by atoms with E-state index in [1.807, 2.05) is 36.4 Å². The number of anilines is 1. The molecule has 0 radical (unpaired) electrons. The summed E-state index contributed by atoms with van der Waals surface area (Å²) in [5.41, 5.74) is 7.28. The normalized spacial score (nSPS) is 10.2. The van der Waals surface area contributed by atoms with Gasteiger partial charge in [-0.05, 0) is 57.9 Å². The minimum Gasteiger partial charge on any atom is -0.483 e. The van der Waals surface area contributed by atoms with Gasteiger partial charge in [-0.3, -0.25) is 4.79 Å². The Hall–Kier alpha value is -1.37. The Morgan fingerprint density at radius 3 is 2.48 bits per heavy atom. The van der Waals surface area contributed by atoms with E-state index in [1.54, 1.807) is 6.07 Å². The molecule has 0 saturated carbocycles. The molecule has 1 amide bonds. The second-order valence-electron chi connectivity index (χ2n) is 4.31. The molecule has 6 heteroatoms. The summed E-state index contributed by atoms with van der Waals surface area (Å²) in [4.78, 5) is 11.8. The fourth-order valence-corrected chi connectivity index (χ4v) is 2.47. The maximum Gasteiger partial charge on any atom is 0.262 e. The molecule has 0 aromatic heterocycles. The number of hydrogen-bond acceptors (Lipinski definition) is 3. The van der Waals surface area contributed by atoms with Crippen molar-refractivity contribution in [2.75, 3.05) is 11.9 Å². The number of carbonyl (C=O) groups is 1. The number of halogens is 2. The number of ether oxygens (including phenoxy) is 1. The van der Waals surface area contributed by atoms with Crippen LogP contribution < -0.4 is 15.8 Å². The number of benzene rings is 2. The number of nitrogens with one attached hydrogen (secondary N) is 1. The molecule has 110 valence electrons. The molecule has 2 rings (SSSR count). The predicted octanol–water partition coefficient (Wildman–Crippen LogP) is 3.69. The molecule has 0 unspecified atom stereocenters. The van der Waals surface area contributed by atoms with E-state index in [9.17, 15) is 4.79 Å². The van der Waals surface area contributed by atoms with Crippen molar-refractivity contribution in [3.05, 3.63) is 57.0 Å². The average molecular weight is 414 g/mol. The van der Waals surface area contributed by atoms with Gasteiger partial charge in [0.2, 0.25) is 0 Å². The van der Waals surface area contributed by atoms with Crippen LogP contribution in [0.3, 0.4) is 0 Å². The molecule has 2 aromatic carbocycles. The molecular formula is C15H14Br2N2O2. The molecule has 3 N–H and O–H groups in total. The van der Waals surface area contributed by atoms with Gasteiger partial charge in [0, 0.05) is 16.7 Å². The van der Waals surface area contributed by atoms with Gasteiger partial charge in [-0.2, -0.15) is 0 Å². The Labute approximate surface area is 139 Å². The molecule has 0 spiro atoms. The van der Waals surface area contributed by atoms with Crippen molar-refractivity contribution in [1.29, 1.82) is 0 Å². The lowest BCUT2D eigenvalue weighted by atomic mass is 10.2. The summed E-state index contributed by atoms with van der Waals surface area (Å²) in [6, 6.07) is 12.9. The van der Waals surface area contributed by atoms with Crippen LogP contribution in [0.4, 0.5) is 5.69 Å². The summed E-state index contributed by atoms with van der Waals surface area (Å²) in [6.45, 7) is 0.402. The fraction of sp³-hybridized carbons (Fsp3) is 0.133. The van der Waals surface area contributed by atoms with Gasteiger partial charge in [-0.1, -0.05) is 22.0 Å². The van der Waals surface area contributed by atoms with Crippen molar-refractivity contribution < 1.29 is 9.53 Å². The maximum atomic E-state index is 11.8. The molecule has 0 aliphatic carbocycles. The molecule has 0 aliphatic rings. The lowest BCUT2D eigenvalue weighted by Crippen LogP contribution is -2.20. The van der Waals surface area contributed by atoms with E-state index in [1.165, 1.54) is 0 Å². The lowest BCUT2D eigenvalue weighted by Gasteiger charge is -2.10. The van der Waals surface area contributed by atoms with Crippen molar-refractivity contribution in [2.24, 2.45) is 5.73 Å². The zero-order valence-corrected chi connectivity index (χ0v) is 14.3. The van der Waals surface area contributed by atoms with E-state index in [-0.39, 0.29) is 12.5 Å². The molecular weight excluding hydrogens is 400 g/mol. The second kappa shape index (κ2) is 7.59. The molecule has 0 atom stereocenters. The average Bonchev–Trinajstić information content (AvgIpc) is 2.48. The van der Waals surface area contributed by atoms with Crippen molar-refractivity contribution in [1.82, 2.24) is 0 Å². The zero-order chi connectivity index (χ0) is 15.2. The third-order valence-electron chi connectivity index (χ3n) is 2.72. The monoisotopic (exact) mass is 412 g/mol.